The molecule has 10 heteroatoms. The second-order valence-electron chi connectivity index (χ2n) is 9.40. The fraction of sp³-hybridized carbons (Fsp3) is 0.0968. The second-order valence-corrected chi connectivity index (χ2v) is 9.40. The van der Waals surface area contributed by atoms with Crippen molar-refractivity contribution in [1.29, 1.82) is 0 Å². The monoisotopic (exact) mass is 554 g/mol. The Bertz CT molecular complexity index is 1870. The molecule has 206 valence electrons. The topological polar surface area (TPSA) is 156 Å². The van der Waals surface area contributed by atoms with E-state index in [1.807, 2.05) is 0 Å². The lowest BCUT2D eigenvalue weighted by Crippen LogP contribution is -2.20. The largest absolute Gasteiger partial charge is 0.508 e. The molecule has 2 heterocycles. The van der Waals surface area contributed by atoms with Gasteiger partial charge in [-0.05, 0) is 42.0 Å². The Hall–Kier alpha value is -5.64. The van der Waals surface area contributed by atoms with Gasteiger partial charge in [-0.15, -0.1) is 0 Å². The van der Waals surface area contributed by atoms with Crippen LogP contribution in [0.2, 0.25) is 0 Å². The van der Waals surface area contributed by atoms with Gasteiger partial charge in [-0.1, -0.05) is 12.1 Å². The van der Waals surface area contributed by atoms with Gasteiger partial charge in [0, 0.05) is 29.8 Å². The van der Waals surface area contributed by atoms with Gasteiger partial charge in [0.1, 0.15) is 62.9 Å². The lowest BCUT2D eigenvalue weighted by atomic mass is 9.95. The molecular weight excluding hydrogens is 532 g/mol. The number of phenolic OH excluding ortho intramolecular Hbond substituents is 4. The molecule has 0 amide bonds. The lowest BCUT2D eigenvalue weighted by molar-refractivity contribution is 0.0844. The van der Waals surface area contributed by atoms with Crippen LogP contribution in [0.5, 0.6) is 46.0 Å². The molecule has 0 bridgehead atoms. The molecule has 0 aliphatic carbocycles. The Kier molecular flexibility index (Phi) is 6.15. The standard InChI is InChI=1S/C31H22O10/c1-38-20-12-22(35)27-23(36)14-24(40-26(27)13-20)15-4-8-19(9-5-15)39-31-29(37)28-21(34)10-18(33)11-25(28)41-30(31)16-2-6-17(32)7-3-16/h2-13,24,32-35H,14H2,1H3/t24-/m0/s1. The Morgan fingerprint density at radius 1 is 0.805 bits per heavy atom. The molecular formula is C31H22O10. The van der Waals surface area contributed by atoms with Gasteiger partial charge in [0.05, 0.1) is 13.5 Å². The third-order valence-corrected chi connectivity index (χ3v) is 6.73. The molecule has 0 saturated carbocycles. The molecule has 4 aromatic carbocycles. The molecule has 0 fully saturated rings. The van der Waals surface area contributed by atoms with Crippen LogP contribution in [0, 0.1) is 0 Å². The summed E-state index contributed by atoms with van der Waals surface area (Å²) in [6.07, 6.45) is -0.642. The van der Waals surface area contributed by atoms with E-state index in [1.165, 1.54) is 49.6 Å². The van der Waals surface area contributed by atoms with Gasteiger partial charge in [-0.3, -0.25) is 9.59 Å². The fourth-order valence-electron chi connectivity index (χ4n) is 4.75. The smallest absolute Gasteiger partial charge is 0.239 e. The zero-order chi connectivity index (χ0) is 28.8. The average molecular weight is 555 g/mol. The Morgan fingerprint density at radius 2 is 1.54 bits per heavy atom. The summed E-state index contributed by atoms with van der Waals surface area (Å²) in [6, 6.07) is 17.5. The number of ether oxygens (including phenoxy) is 3. The predicted molar refractivity (Wildman–Crippen MR) is 146 cm³/mol. The van der Waals surface area contributed by atoms with Crippen LogP contribution < -0.4 is 19.6 Å². The molecule has 41 heavy (non-hydrogen) atoms. The van der Waals surface area contributed by atoms with Crippen molar-refractivity contribution < 1.29 is 43.8 Å². The summed E-state index contributed by atoms with van der Waals surface area (Å²) in [6.45, 7) is 0. The number of hydrogen-bond acceptors (Lipinski definition) is 10. The first-order valence-electron chi connectivity index (χ1n) is 12.4. The minimum atomic E-state index is -0.678. The van der Waals surface area contributed by atoms with Crippen molar-refractivity contribution in [2.24, 2.45) is 0 Å². The number of carbonyl (C=O) groups excluding carboxylic acids is 1. The van der Waals surface area contributed by atoms with Crippen LogP contribution in [0.15, 0.2) is 82.0 Å². The number of ketones is 1. The first kappa shape index (κ1) is 25.6. The highest BCUT2D eigenvalue weighted by atomic mass is 16.5. The minimum absolute atomic E-state index is 0.00151. The van der Waals surface area contributed by atoms with E-state index in [9.17, 15) is 30.0 Å². The van der Waals surface area contributed by atoms with E-state index in [0.29, 0.717) is 16.9 Å². The third kappa shape index (κ3) is 4.61. The lowest BCUT2D eigenvalue weighted by Gasteiger charge is -2.26. The van der Waals surface area contributed by atoms with Crippen LogP contribution in [-0.4, -0.2) is 33.3 Å². The number of phenols is 4. The maximum Gasteiger partial charge on any atom is 0.239 e. The Labute approximate surface area is 231 Å². The summed E-state index contributed by atoms with van der Waals surface area (Å²) in [5.74, 6) is -0.667. The number of fused-ring (bicyclic) bond motifs is 2. The van der Waals surface area contributed by atoms with E-state index >= 15 is 0 Å². The van der Waals surface area contributed by atoms with Gasteiger partial charge in [-0.2, -0.15) is 0 Å². The average Bonchev–Trinajstić information content (AvgIpc) is 2.94. The predicted octanol–water partition coefficient (Wildman–Crippen LogP) is 5.79. The summed E-state index contributed by atoms with van der Waals surface area (Å²) in [5, 5.41) is 40.1. The van der Waals surface area contributed by atoms with E-state index in [-0.39, 0.29) is 69.0 Å². The Balaban J connectivity index is 1.36. The van der Waals surface area contributed by atoms with Gasteiger partial charge in [0.15, 0.2) is 11.5 Å². The third-order valence-electron chi connectivity index (χ3n) is 6.73. The number of carbonyl (C=O) groups is 1. The number of benzene rings is 4. The SMILES string of the molecule is COc1cc(O)c2c(c1)O[C@H](c1ccc(Oc3c(-c4ccc(O)cc4)oc4cc(O)cc(O)c4c3=O)cc1)CC2=O. The number of Topliss-reactive ketones (excluding diaryl/α,β-unsaturated/α-hetero) is 1. The van der Waals surface area contributed by atoms with Crippen LogP contribution >= 0.6 is 0 Å². The molecule has 0 radical (unpaired) electrons. The number of hydrogen-bond donors (Lipinski definition) is 4. The van der Waals surface area contributed by atoms with Gasteiger partial charge in [-0.25, -0.2) is 0 Å². The molecule has 1 aliphatic heterocycles. The summed E-state index contributed by atoms with van der Waals surface area (Å²) >= 11 is 0. The van der Waals surface area contributed by atoms with Crippen LogP contribution in [0.4, 0.5) is 0 Å². The fourth-order valence-corrected chi connectivity index (χ4v) is 4.75. The minimum Gasteiger partial charge on any atom is -0.508 e. The van der Waals surface area contributed by atoms with Gasteiger partial charge >= 0.3 is 0 Å². The number of methoxy groups -OCH3 is 1. The normalized spacial score (nSPS) is 14.4. The van der Waals surface area contributed by atoms with Gasteiger partial charge < -0.3 is 39.1 Å². The molecule has 0 saturated heterocycles. The summed E-state index contributed by atoms with van der Waals surface area (Å²) in [4.78, 5) is 26.3. The zero-order valence-electron chi connectivity index (χ0n) is 21.5. The molecule has 0 spiro atoms. The van der Waals surface area contributed by atoms with Gasteiger partial charge in [0.2, 0.25) is 11.2 Å². The van der Waals surface area contributed by atoms with Crippen molar-refractivity contribution in [3.05, 3.63) is 94.1 Å². The van der Waals surface area contributed by atoms with Crippen molar-refractivity contribution in [3.63, 3.8) is 0 Å². The highest BCUT2D eigenvalue weighted by molar-refractivity contribution is 6.02. The summed E-state index contributed by atoms with van der Waals surface area (Å²) in [7, 11) is 1.44. The van der Waals surface area contributed by atoms with E-state index < -0.39 is 17.3 Å². The van der Waals surface area contributed by atoms with Crippen molar-refractivity contribution in [3.8, 4) is 57.3 Å². The molecule has 10 nitrogen and oxygen atoms in total. The highest BCUT2D eigenvalue weighted by Gasteiger charge is 2.31. The molecule has 4 N–H and O–H groups in total. The van der Waals surface area contributed by atoms with Gasteiger partial charge in [0.25, 0.3) is 0 Å². The first-order valence-corrected chi connectivity index (χ1v) is 12.4. The number of rotatable bonds is 5. The molecule has 1 atom stereocenters. The van der Waals surface area contributed by atoms with Crippen LogP contribution in [0.25, 0.3) is 22.3 Å². The summed E-state index contributed by atoms with van der Waals surface area (Å²) in [5.41, 5.74) is 0.421. The van der Waals surface area contributed by atoms with E-state index in [2.05, 4.69) is 0 Å². The quantitative estimate of drug-likeness (QED) is 0.210. The van der Waals surface area contributed by atoms with E-state index in [0.717, 1.165) is 6.07 Å². The van der Waals surface area contributed by atoms with Crippen molar-refractivity contribution in [1.82, 2.24) is 0 Å². The number of aromatic hydroxyl groups is 4. The molecule has 1 aromatic heterocycles. The van der Waals surface area contributed by atoms with Crippen LogP contribution in [0.3, 0.4) is 0 Å². The van der Waals surface area contributed by atoms with E-state index in [4.69, 9.17) is 18.6 Å². The zero-order valence-corrected chi connectivity index (χ0v) is 21.5. The Morgan fingerprint density at radius 3 is 2.24 bits per heavy atom. The molecule has 0 unspecified atom stereocenters. The van der Waals surface area contributed by atoms with Crippen molar-refractivity contribution in [2.45, 2.75) is 12.5 Å². The van der Waals surface area contributed by atoms with Crippen molar-refractivity contribution in [2.75, 3.05) is 7.11 Å². The molecule has 6 rings (SSSR count). The maximum absolute atomic E-state index is 13.5. The maximum atomic E-state index is 13.5. The molecule has 1 aliphatic rings. The van der Waals surface area contributed by atoms with Crippen LogP contribution in [0.1, 0.15) is 28.4 Å². The highest BCUT2D eigenvalue weighted by Crippen LogP contribution is 2.43. The first-order chi connectivity index (χ1) is 19.7. The van der Waals surface area contributed by atoms with Crippen molar-refractivity contribution >= 4 is 16.8 Å². The van der Waals surface area contributed by atoms with E-state index in [1.54, 1.807) is 24.3 Å². The van der Waals surface area contributed by atoms with Crippen LogP contribution in [-0.2, 0) is 0 Å². The second kappa shape index (κ2) is 9.83. The summed E-state index contributed by atoms with van der Waals surface area (Å²) < 4.78 is 23.1. The molecule has 5 aromatic rings.